The van der Waals surface area contributed by atoms with Crippen molar-refractivity contribution >= 4 is 5.91 Å². The number of amides is 1. The Balaban J connectivity index is 2.06. The van der Waals surface area contributed by atoms with E-state index in [1.165, 1.54) is 0 Å². The molecule has 3 N–H and O–H groups in total. The number of carbonyl (C=O) groups excluding carboxylic acids is 1. The Morgan fingerprint density at radius 1 is 1.53 bits per heavy atom. The maximum absolute atomic E-state index is 11.3. The molecule has 1 saturated carbocycles. The van der Waals surface area contributed by atoms with Crippen molar-refractivity contribution in [3.8, 4) is 0 Å². The third-order valence-corrected chi connectivity index (χ3v) is 2.89. The molecule has 0 aromatic heterocycles. The molecule has 0 aromatic carbocycles. The number of aliphatic hydroxyl groups excluding tert-OH is 2. The summed E-state index contributed by atoms with van der Waals surface area (Å²) in [6.07, 6.45) is 2.96. The monoisotopic (exact) mass is 215 g/mol. The van der Waals surface area contributed by atoms with Gasteiger partial charge in [0.25, 0.3) is 0 Å². The molecule has 0 spiro atoms. The molecular formula is C11H21NO3. The molecule has 0 saturated heterocycles. The second-order valence-electron chi connectivity index (χ2n) is 4.52. The molecule has 0 radical (unpaired) electrons. The third kappa shape index (κ3) is 5.14. The predicted molar refractivity (Wildman–Crippen MR) is 57.3 cm³/mol. The highest BCUT2D eigenvalue weighted by molar-refractivity contribution is 5.75. The fourth-order valence-corrected chi connectivity index (χ4v) is 1.92. The lowest BCUT2D eigenvalue weighted by Gasteiger charge is -2.11. The summed E-state index contributed by atoms with van der Waals surface area (Å²) in [4.78, 5) is 11.3. The Hall–Kier alpha value is -0.610. The highest BCUT2D eigenvalue weighted by atomic mass is 16.3. The number of nitrogens with one attached hydrogen (secondary N) is 1. The van der Waals surface area contributed by atoms with Crippen molar-refractivity contribution in [2.45, 2.75) is 51.2 Å². The first-order chi connectivity index (χ1) is 7.08. The van der Waals surface area contributed by atoms with E-state index in [1.807, 2.05) is 0 Å². The Labute approximate surface area is 90.7 Å². The number of hydrogen-bond donors (Lipinski definition) is 3. The van der Waals surface area contributed by atoms with Crippen LogP contribution in [0.25, 0.3) is 0 Å². The van der Waals surface area contributed by atoms with Crippen LogP contribution in [0.1, 0.15) is 39.0 Å². The first kappa shape index (κ1) is 12.5. The summed E-state index contributed by atoms with van der Waals surface area (Å²) in [5.74, 6) is 0.424. The van der Waals surface area contributed by atoms with Gasteiger partial charge in [0.15, 0.2) is 0 Å². The van der Waals surface area contributed by atoms with Gasteiger partial charge in [0.2, 0.25) is 5.91 Å². The Kier molecular flexibility index (Phi) is 5.05. The molecule has 4 nitrogen and oxygen atoms in total. The molecule has 1 aliphatic carbocycles. The van der Waals surface area contributed by atoms with E-state index >= 15 is 0 Å². The summed E-state index contributed by atoms with van der Waals surface area (Å²) in [6.45, 7) is 2.34. The molecule has 0 aliphatic heterocycles. The zero-order valence-electron chi connectivity index (χ0n) is 9.28. The highest BCUT2D eigenvalue weighted by Gasteiger charge is 2.22. The molecule has 0 bridgehead atoms. The SMILES string of the molecule is CC(O)CCC(=O)NCC1CCC(O)C1. The van der Waals surface area contributed by atoms with Crippen LogP contribution in [-0.2, 0) is 4.79 Å². The maximum Gasteiger partial charge on any atom is 0.220 e. The van der Waals surface area contributed by atoms with Gasteiger partial charge in [-0.1, -0.05) is 0 Å². The summed E-state index contributed by atoms with van der Waals surface area (Å²) in [7, 11) is 0. The lowest BCUT2D eigenvalue weighted by atomic mass is 10.1. The van der Waals surface area contributed by atoms with E-state index in [1.54, 1.807) is 6.92 Å². The summed E-state index contributed by atoms with van der Waals surface area (Å²) >= 11 is 0. The van der Waals surface area contributed by atoms with E-state index in [2.05, 4.69) is 5.32 Å². The molecule has 1 amide bonds. The fraction of sp³-hybridized carbons (Fsp3) is 0.909. The minimum atomic E-state index is -0.413. The van der Waals surface area contributed by atoms with Crippen LogP contribution in [-0.4, -0.2) is 34.9 Å². The summed E-state index contributed by atoms with van der Waals surface area (Å²) < 4.78 is 0. The second kappa shape index (κ2) is 6.08. The van der Waals surface area contributed by atoms with E-state index in [0.717, 1.165) is 19.3 Å². The van der Waals surface area contributed by atoms with Crippen LogP contribution < -0.4 is 5.32 Å². The zero-order chi connectivity index (χ0) is 11.3. The van der Waals surface area contributed by atoms with Crippen molar-refractivity contribution in [2.24, 2.45) is 5.92 Å². The first-order valence-corrected chi connectivity index (χ1v) is 5.70. The lowest BCUT2D eigenvalue weighted by Crippen LogP contribution is -2.29. The predicted octanol–water partition coefficient (Wildman–Crippen LogP) is 0.425. The molecule has 3 atom stereocenters. The number of aliphatic hydroxyl groups is 2. The smallest absolute Gasteiger partial charge is 0.220 e. The standard InChI is InChI=1S/C11H21NO3/c1-8(13)2-5-11(15)12-7-9-3-4-10(14)6-9/h8-10,13-14H,2-7H2,1H3,(H,12,15). The summed E-state index contributed by atoms with van der Waals surface area (Å²) in [5.41, 5.74) is 0. The summed E-state index contributed by atoms with van der Waals surface area (Å²) in [6, 6.07) is 0. The first-order valence-electron chi connectivity index (χ1n) is 5.70. The van der Waals surface area contributed by atoms with Crippen molar-refractivity contribution in [3.05, 3.63) is 0 Å². The van der Waals surface area contributed by atoms with Crippen molar-refractivity contribution in [1.82, 2.24) is 5.32 Å². The van der Waals surface area contributed by atoms with Crippen LogP contribution in [0.3, 0.4) is 0 Å². The van der Waals surface area contributed by atoms with E-state index in [9.17, 15) is 9.90 Å². The molecule has 4 heteroatoms. The van der Waals surface area contributed by atoms with Crippen LogP contribution >= 0.6 is 0 Å². The van der Waals surface area contributed by atoms with Crippen LogP contribution in [0.5, 0.6) is 0 Å². The van der Waals surface area contributed by atoms with E-state index in [4.69, 9.17) is 5.11 Å². The molecule has 88 valence electrons. The minimum Gasteiger partial charge on any atom is -0.393 e. The van der Waals surface area contributed by atoms with Gasteiger partial charge in [-0.05, 0) is 38.5 Å². The summed E-state index contributed by atoms with van der Waals surface area (Å²) in [5, 5.41) is 21.1. The van der Waals surface area contributed by atoms with Crippen LogP contribution in [0.2, 0.25) is 0 Å². The quantitative estimate of drug-likeness (QED) is 0.622. The molecule has 1 aliphatic rings. The van der Waals surface area contributed by atoms with Gasteiger partial charge in [0.1, 0.15) is 0 Å². The van der Waals surface area contributed by atoms with Gasteiger partial charge in [-0.3, -0.25) is 4.79 Å². The number of carbonyl (C=O) groups is 1. The second-order valence-corrected chi connectivity index (χ2v) is 4.52. The maximum atomic E-state index is 11.3. The average molecular weight is 215 g/mol. The topological polar surface area (TPSA) is 69.6 Å². The van der Waals surface area contributed by atoms with E-state index < -0.39 is 6.10 Å². The molecule has 1 fully saturated rings. The molecule has 0 aromatic rings. The lowest BCUT2D eigenvalue weighted by molar-refractivity contribution is -0.121. The van der Waals surface area contributed by atoms with Crippen molar-refractivity contribution in [2.75, 3.05) is 6.54 Å². The van der Waals surface area contributed by atoms with Crippen LogP contribution in [0.4, 0.5) is 0 Å². The highest BCUT2D eigenvalue weighted by Crippen LogP contribution is 2.24. The van der Waals surface area contributed by atoms with Gasteiger partial charge in [-0.2, -0.15) is 0 Å². The van der Waals surface area contributed by atoms with Gasteiger partial charge in [-0.15, -0.1) is 0 Å². The van der Waals surface area contributed by atoms with Crippen LogP contribution in [0.15, 0.2) is 0 Å². The van der Waals surface area contributed by atoms with E-state index in [0.29, 0.717) is 25.3 Å². The Morgan fingerprint density at radius 2 is 2.27 bits per heavy atom. The zero-order valence-corrected chi connectivity index (χ0v) is 9.28. The third-order valence-electron chi connectivity index (χ3n) is 2.89. The Morgan fingerprint density at radius 3 is 2.80 bits per heavy atom. The van der Waals surface area contributed by atoms with Crippen molar-refractivity contribution < 1.29 is 15.0 Å². The van der Waals surface area contributed by atoms with Gasteiger partial charge in [0, 0.05) is 13.0 Å². The number of rotatable bonds is 5. The largest absolute Gasteiger partial charge is 0.393 e. The van der Waals surface area contributed by atoms with Gasteiger partial charge >= 0.3 is 0 Å². The normalized spacial score (nSPS) is 27.7. The minimum absolute atomic E-state index is 0.00251. The van der Waals surface area contributed by atoms with Crippen molar-refractivity contribution in [3.63, 3.8) is 0 Å². The van der Waals surface area contributed by atoms with Crippen molar-refractivity contribution in [1.29, 1.82) is 0 Å². The average Bonchev–Trinajstić information content (AvgIpc) is 2.58. The fourth-order valence-electron chi connectivity index (χ4n) is 1.92. The molecule has 0 heterocycles. The van der Waals surface area contributed by atoms with E-state index in [-0.39, 0.29) is 12.0 Å². The van der Waals surface area contributed by atoms with Gasteiger partial charge < -0.3 is 15.5 Å². The molecule has 3 unspecified atom stereocenters. The molecule has 15 heavy (non-hydrogen) atoms. The van der Waals surface area contributed by atoms with Gasteiger partial charge in [-0.25, -0.2) is 0 Å². The van der Waals surface area contributed by atoms with Crippen LogP contribution in [0, 0.1) is 5.92 Å². The molecule has 1 rings (SSSR count). The number of hydrogen-bond acceptors (Lipinski definition) is 3. The Bertz CT molecular complexity index is 206. The van der Waals surface area contributed by atoms with Gasteiger partial charge in [0.05, 0.1) is 12.2 Å². The molecular weight excluding hydrogens is 194 g/mol.